The van der Waals surface area contributed by atoms with Gasteiger partial charge in [-0.2, -0.15) is 0 Å². The van der Waals surface area contributed by atoms with Gasteiger partial charge in [0.25, 0.3) is 0 Å². The summed E-state index contributed by atoms with van der Waals surface area (Å²) >= 11 is 0. The smallest absolute Gasteiger partial charge is 0.0555 e. The van der Waals surface area contributed by atoms with Crippen molar-refractivity contribution in [2.75, 3.05) is 0 Å². The van der Waals surface area contributed by atoms with Gasteiger partial charge in [-0.25, -0.2) is 0 Å². The molecule has 0 bridgehead atoms. The van der Waals surface area contributed by atoms with Crippen molar-refractivity contribution in [1.82, 2.24) is 10.3 Å². The van der Waals surface area contributed by atoms with E-state index in [2.05, 4.69) is 16.4 Å². The second kappa shape index (κ2) is 3.94. The number of aromatic nitrogens is 1. The van der Waals surface area contributed by atoms with E-state index in [1.165, 1.54) is 5.56 Å². The fourth-order valence-electron chi connectivity index (χ4n) is 1.87. The van der Waals surface area contributed by atoms with Crippen molar-refractivity contribution in [3.05, 3.63) is 24.0 Å². The lowest BCUT2D eigenvalue weighted by Gasteiger charge is -2.10. The Balaban J connectivity index is 1.74. The van der Waals surface area contributed by atoms with E-state index in [9.17, 15) is 5.11 Å². The fourth-order valence-corrected chi connectivity index (χ4v) is 1.87. The highest BCUT2D eigenvalue weighted by molar-refractivity contribution is 5.07. The molecule has 0 radical (unpaired) electrons. The lowest BCUT2D eigenvalue weighted by atomic mass is 10.2. The molecule has 72 valence electrons. The molecular weight excluding hydrogens is 164 g/mol. The van der Waals surface area contributed by atoms with Crippen LogP contribution in [-0.2, 0) is 6.54 Å². The maximum atomic E-state index is 9.31. The van der Waals surface area contributed by atoms with Crippen LogP contribution in [0.25, 0.3) is 0 Å². The van der Waals surface area contributed by atoms with Gasteiger partial charge in [-0.3, -0.25) is 0 Å². The van der Waals surface area contributed by atoms with Crippen LogP contribution in [0.15, 0.2) is 18.5 Å². The summed E-state index contributed by atoms with van der Waals surface area (Å²) in [5, 5.41) is 12.7. The average Bonchev–Trinajstić information content (AvgIpc) is 2.71. The molecule has 0 saturated heterocycles. The van der Waals surface area contributed by atoms with Crippen molar-refractivity contribution >= 4 is 0 Å². The summed E-state index contributed by atoms with van der Waals surface area (Å²) in [6.45, 7) is 0.904. The number of aliphatic hydroxyl groups excluding tert-OH is 1. The summed E-state index contributed by atoms with van der Waals surface area (Å²) in [4.78, 5) is 3.02. The number of rotatable bonds is 3. The molecule has 3 heteroatoms. The van der Waals surface area contributed by atoms with E-state index in [0.717, 1.165) is 25.8 Å². The third-order valence-corrected chi connectivity index (χ3v) is 2.66. The molecule has 2 atom stereocenters. The number of nitrogens with one attached hydrogen (secondary N) is 2. The number of aromatic amines is 1. The highest BCUT2D eigenvalue weighted by Crippen LogP contribution is 2.18. The average molecular weight is 180 g/mol. The molecule has 0 amide bonds. The van der Waals surface area contributed by atoms with E-state index in [-0.39, 0.29) is 6.10 Å². The SMILES string of the molecule is O[C@@H]1CC[C@H](NCc2cc[nH]c2)C1. The molecule has 3 N–H and O–H groups in total. The first-order valence-electron chi connectivity index (χ1n) is 4.88. The summed E-state index contributed by atoms with van der Waals surface area (Å²) in [7, 11) is 0. The van der Waals surface area contributed by atoms with Crippen LogP contribution in [0.5, 0.6) is 0 Å². The zero-order valence-corrected chi connectivity index (χ0v) is 7.66. The van der Waals surface area contributed by atoms with Crippen molar-refractivity contribution in [3.63, 3.8) is 0 Å². The zero-order chi connectivity index (χ0) is 9.10. The van der Waals surface area contributed by atoms with Gasteiger partial charge in [0, 0.05) is 25.0 Å². The lowest BCUT2D eigenvalue weighted by Crippen LogP contribution is -2.26. The van der Waals surface area contributed by atoms with Crippen LogP contribution >= 0.6 is 0 Å². The molecule has 1 aliphatic carbocycles. The van der Waals surface area contributed by atoms with Crippen LogP contribution in [0.2, 0.25) is 0 Å². The summed E-state index contributed by atoms with van der Waals surface area (Å²) in [6, 6.07) is 2.57. The van der Waals surface area contributed by atoms with Gasteiger partial charge in [-0.05, 0) is 30.9 Å². The van der Waals surface area contributed by atoms with Gasteiger partial charge in [0.15, 0.2) is 0 Å². The van der Waals surface area contributed by atoms with E-state index in [0.29, 0.717) is 6.04 Å². The van der Waals surface area contributed by atoms with Crippen LogP contribution in [0.4, 0.5) is 0 Å². The van der Waals surface area contributed by atoms with Crippen LogP contribution in [0, 0.1) is 0 Å². The van der Waals surface area contributed by atoms with Gasteiger partial charge in [0.2, 0.25) is 0 Å². The third-order valence-electron chi connectivity index (χ3n) is 2.66. The summed E-state index contributed by atoms with van der Waals surface area (Å²) in [5.41, 5.74) is 1.28. The Kier molecular flexibility index (Phi) is 2.66. The Labute approximate surface area is 78.2 Å². The topological polar surface area (TPSA) is 48.0 Å². The van der Waals surface area contributed by atoms with Gasteiger partial charge in [0.1, 0.15) is 0 Å². The summed E-state index contributed by atoms with van der Waals surface area (Å²) < 4.78 is 0. The van der Waals surface area contributed by atoms with Gasteiger partial charge < -0.3 is 15.4 Å². The fraction of sp³-hybridized carbons (Fsp3) is 0.600. The minimum atomic E-state index is -0.0799. The zero-order valence-electron chi connectivity index (χ0n) is 7.66. The highest BCUT2D eigenvalue weighted by atomic mass is 16.3. The molecule has 1 aliphatic rings. The summed E-state index contributed by atoms with van der Waals surface area (Å²) in [5.74, 6) is 0. The first-order chi connectivity index (χ1) is 6.34. The molecule has 0 aromatic carbocycles. The van der Waals surface area contributed by atoms with Crippen LogP contribution in [0.3, 0.4) is 0 Å². The Bertz CT molecular complexity index is 245. The molecule has 1 saturated carbocycles. The Morgan fingerprint density at radius 2 is 2.46 bits per heavy atom. The number of hydrogen-bond donors (Lipinski definition) is 3. The van der Waals surface area contributed by atoms with Gasteiger partial charge >= 0.3 is 0 Å². The van der Waals surface area contributed by atoms with E-state index in [4.69, 9.17) is 0 Å². The first kappa shape index (κ1) is 8.78. The largest absolute Gasteiger partial charge is 0.393 e. The molecule has 13 heavy (non-hydrogen) atoms. The van der Waals surface area contributed by atoms with Crippen molar-refractivity contribution in [3.8, 4) is 0 Å². The normalized spacial score (nSPS) is 28.1. The van der Waals surface area contributed by atoms with Gasteiger partial charge in [-0.15, -0.1) is 0 Å². The van der Waals surface area contributed by atoms with Gasteiger partial charge in [0.05, 0.1) is 6.10 Å². The monoisotopic (exact) mass is 180 g/mol. The molecule has 0 unspecified atom stereocenters. The molecule has 1 aromatic heterocycles. The minimum Gasteiger partial charge on any atom is -0.393 e. The molecule has 1 heterocycles. The van der Waals surface area contributed by atoms with Crippen molar-refractivity contribution < 1.29 is 5.11 Å². The number of hydrogen-bond acceptors (Lipinski definition) is 2. The lowest BCUT2D eigenvalue weighted by molar-refractivity contribution is 0.179. The Hall–Kier alpha value is -0.800. The predicted octanol–water partition coefficient (Wildman–Crippen LogP) is 1.02. The molecule has 1 fully saturated rings. The standard InChI is InChI=1S/C10H16N2O/c13-10-2-1-9(5-10)12-7-8-3-4-11-6-8/h3-4,6,9-13H,1-2,5,7H2/t9-,10+/m0/s1. The maximum absolute atomic E-state index is 9.31. The van der Waals surface area contributed by atoms with Crippen LogP contribution in [-0.4, -0.2) is 22.2 Å². The van der Waals surface area contributed by atoms with Crippen LogP contribution < -0.4 is 5.32 Å². The van der Waals surface area contributed by atoms with E-state index < -0.39 is 0 Å². The van der Waals surface area contributed by atoms with Crippen molar-refractivity contribution in [2.45, 2.75) is 38.0 Å². The molecule has 2 rings (SSSR count). The second-order valence-electron chi connectivity index (χ2n) is 3.76. The van der Waals surface area contributed by atoms with Crippen molar-refractivity contribution in [1.29, 1.82) is 0 Å². The quantitative estimate of drug-likeness (QED) is 0.650. The minimum absolute atomic E-state index is 0.0799. The Morgan fingerprint density at radius 3 is 3.08 bits per heavy atom. The molecule has 0 aliphatic heterocycles. The molecule has 3 nitrogen and oxygen atoms in total. The second-order valence-corrected chi connectivity index (χ2v) is 3.76. The highest BCUT2D eigenvalue weighted by Gasteiger charge is 2.21. The molecule has 0 spiro atoms. The van der Waals surface area contributed by atoms with Crippen LogP contribution in [0.1, 0.15) is 24.8 Å². The van der Waals surface area contributed by atoms with E-state index in [1.807, 2.05) is 12.4 Å². The van der Waals surface area contributed by atoms with Crippen molar-refractivity contribution in [2.24, 2.45) is 0 Å². The van der Waals surface area contributed by atoms with Gasteiger partial charge in [-0.1, -0.05) is 0 Å². The third kappa shape index (κ3) is 2.32. The molecule has 1 aromatic rings. The first-order valence-corrected chi connectivity index (χ1v) is 4.88. The number of H-pyrrole nitrogens is 1. The maximum Gasteiger partial charge on any atom is 0.0555 e. The number of aliphatic hydroxyl groups is 1. The van der Waals surface area contributed by atoms with E-state index in [1.54, 1.807) is 0 Å². The van der Waals surface area contributed by atoms with E-state index >= 15 is 0 Å². The molecular formula is C10H16N2O. The predicted molar refractivity (Wildman–Crippen MR) is 51.3 cm³/mol. The summed E-state index contributed by atoms with van der Waals surface area (Å²) in [6.07, 6.45) is 6.81. The Morgan fingerprint density at radius 1 is 1.54 bits per heavy atom.